The Kier molecular flexibility index (Phi) is 5.32. The number of benzene rings is 2. The van der Waals surface area contributed by atoms with Gasteiger partial charge in [-0.05, 0) is 54.3 Å². The first-order valence-electron chi connectivity index (χ1n) is 6.16. The topological polar surface area (TPSA) is 38.0 Å². The van der Waals surface area contributed by atoms with Gasteiger partial charge in [-0.25, -0.2) is 4.39 Å². The van der Waals surface area contributed by atoms with Crippen LogP contribution in [-0.2, 0) is 6.42 Å². The molecule has 1 unspecified atom stereocenters. The van der Waals surface area contributed by atoms with E-state index in [2.05, 4.69) is 37.3 Å². The van der Waals surface area contributed by atoms with Crippen LogP contribution in [-0.4, -0.2) is 0 Å². The zero-order valence-corrected chi connectivity index (χ0v) is 14.1. The van der Waals surface area contributed by atoms with Crippen LogP contribution in [0.5, 0.6) is 0 Å². The smallest absolute Gasteiger partial charge is 0.124 e. The predicted octanol–water partition coefficient (Wildman–Crippen LogP) is 4.41. The Morgan fingerprint density at radius 2 is 1.95 bits per heavy atom. The fourth-order valence-electron chi connectivity index (χ4n) is 2.14. The van der Waals surface area contributed by atoms with E-state index in [0.717, 1.165) is 20.1 Å². The van der Waals surface area contributed by atoms with Crippen molar-refractivity contribution in [2.24, 2.45) is 5.84 Å². The minimum absolute atomic E-state index is 0.0846. The van der Waals surface area contributed by atoms with Crippen LogP contribution in [0.25, 0.3) is 0 Å². The van der Waals surface area contributed by atoms with Gasteiger partial charge >= 0.3 is 0 Å². The number of halogens is 3. The Labute approximate surface area is 134 Å². The fourth-order valence-corrected chi connectivity index (χ4v) is 3.42. The van der Waals surface area contributed by atoms with Crippen molar-refractivity contribution < 1.29 is 4.39 Å². The van der Waals surface area contributed by atoms with E-state index in [1.165, 1.54) is 17.7 Å². The van der Waals surface area contributed by atoms with E-state index in [0.29, 0.717) is 6.42 Å². The third-order valence-corrected chi connectivity index (χ3v) is 4.24. The molecule has 0 fully saturated rings. The quantitative estimate of drug-likeness (QED) is 0.588. The summed E-state index contributed by atoms with van der Waals surface area (Å²) in [5.74, 6) is 5.40. The van der Waals surface area contributed by atoms with Gasteiger partial charge in [0, 0.05) is 8.95 Å². The van der Waals surface area contributed by atoms with Crippen molar-refractivity contribution in [3.05, 3.63) is 67.9 Å². The average molecular weight is 402 g/mol. The van der Waals surface area contributed by atoms with E-state index >= 15 is 0 Å². The third kappa shape index (κ3) is 3.88. The molecule has 5 heteroatoms. The molecule has 0 radical (unpaired) electrons. The van der Waals surface area contributed by atoms with E-state index in [-0.39, 0.29) is 11.9 Å². The first-order valence-corrected chi connectivity index (χ1v) is 7.75. The Morgan fingerprint density at radius 1 is 1.20 bits per heavy atom. The zero-order chi connectivity index (χ0) is 14.7. The molecule has 3 N–H and O–H groups in total. The fraction of sp³-hybridized carbons (Fsp3) is 0.200. The van der Waals surface area contributed by atoms with Crippen molar-refractivity contribution in [3.8, 4) is 0 Å². The van der Waals surface area contributed by atoms with Crippen LogP contribution >= 0.6 is 31.9 Å². The summed E-state index contributed by atoms with van der Waals surface area (Å²) in [7, 11) is 0. The van der Waals surface area contributed by atoms with Crippen LogP contribution in [0.15, 0.2) is 45.3 Å². The third-order valence-electron chi connectivity index (χ3n) is 3.09. The van der Waals surface area contributed by atoms with Gasteiger partial charge in [0.2, 0.25) is 0 Å². The Morgan fingerprint density at radius 3 is 2.55 bits per heavy atom. The second kappa shape index (κ2) is 6.80. The van der Waals surface area contributed by atoms with E-state index in [4.69, 9.17) is 5.84 Å². The molecule has 1 atom stereocenters. The maximum absolute atomic E-state index is 13.4. The molecule has 0 saturated heterocycles. The highest BCUT2D eigenvalue weighted by atomic mass is 79.9. The first kappa shape index (κ1) is 15.6. The number of aryl methyl sites for hydroxylation is 1. The highest BCUT2D eigenvalue weighted by molar-refractivity contribution is 9.10. The highest BCUT2D eigenvalue weighted by Gasteiger charge is 2.14. The normalized spacial score (nSPS) is 12.4. The highest BCUT2D eigenvalue weighted by Crippen LogP contribution is 2.27. The molecule has 0 heterocycles. The number of hydrazine groups is 1. The molecule has 20 heavy (non-hydrogen) atoms. The lowest BCUT2D eigenvalue weighted by Crippen LogP contribution is -2.29. The molecule has 0 aliphatic carbocycles. The lowest BCUT2D eigenvalue weighted by molar-refractivity contribution is 0.546. The zero-order valence-electron chi connectivity index (χ0n) is 11.0. The largest absolute Gasteiger partial charge is 0.271 e. The second-order valence-corrected chi connectivity index (χ2v) is 6.50. The minimum Gasteiger partial charge on any atom is -0.271 e. The summed E-state index contributed by atoms with van der Waals surface area (Å²) in [6.07, 6.45) is 0.606. The summed E-state index contributed by atoms with van der Waals surface area (Å²) in [6, 6.07) is 10.9. The second-order valence-electron chi connectivity index (χ2n) is 4.73. The van der Waals surface area contributed by atoms with Gasteiger partial charge in [-0.3, -0.25) is 11.3 Å². The summed E-state index contributed by atoms with van der Waals surface area (Å²) < 4.78 is 15.2. The van der Waals surface area contributed by atoms with Gasteiger partial charge in [0.1, 0.15) is 5.82 Å². The lowest BCUT2D eigenvalue weighted by Gasteiger charge is -2.18. The van der Waals surface area contributed by atoms with Crippen LogP contribution in [0.2, 0.25) is 0 Å². The summed E-state index contributed by atoms with van der Waals surface area (Å²) in [5.41, 5.74) is 5.91. The van der Waals surface area contributed by atoms with Crippen molar-refractivity contribution in [2.75, 3.05) is 0 Å². The standard InChI is InChI=1S/C15H15Br2FN2/c1-9-2-3-13(14(17)4-9)15(20-19)7-10-5-11(16)8-12(18)6-10/h2-6,8,15,20H,7,19H2,1H3. The molecular weight excluding hydrogens is 387 g/mol. The van der Waals surface area contributed by atoms with E-state index in [9.17, 15) is 4.39 Å². The van der Waals surface area contributed by atoms with Gasteiger partial charge in [0.15, 0.2) is 0 Å². The summed E-state index contributed by atoms with van der Waals surface area (Å²) in [4.78, 5) is 0. The Bertz CT molecular complexity index is 597. The summed E-state index contributed by atoms with van der Waals surface area (Å²) in [6.45, 7) is 2.03. The van der Waals surface area contributed by atoms with Crippen molar-refractivity contribution in [2.45, 2.75) is 19.4 Å². The number of rotatable bonds is 4. The molecule has 0 bridgehead atoms. The Balaban J connectivity index is 2.28. The number of hydrogen-bond acceptors (Lipinski definition) is 2. The molecule has 0 saturated carbocycles. The molecule has 2 aromatic rings. The Hall–Kier alpha value is -0.750. The van der Waals surface area contributed by atoms with E-state index < -0.39 is 0 Å². The molecule has 0 amide bonds. The van der Waals surface area contributed by atoms with Crippen LogP contribution in [0, 0.1) is 12.7 Å². The van der Waals surface area contributed by atoms with Gasteiger partial charge in [-0.15, -0.1) is 0 Å². The molecule has 0 aromatic heterocycles. The first-order chi connectivity index (χ1) is 9.49. The van der Waals surface area contributed by atoms with Crippen LogP contribution in [0.4, 0.5) is 4.39 Å². The van der Waals surface area contributed by atoms with Crippen molar-refractivity contribution in [1.29, 1.82) is 0 Å². The molecule has 0 spiro atoms. The molecule has 2 rings (SSSR count). The summed E-state index contributed by atoms with van der Waals surface area (Å²) >= 11 is 6.86. The monoisotopic (exact) mass is 400 g/mol. The van der Waals surface area contributed by atoms with Gasteiger partial charge in [-0.2, -0.15) is 0 Å². The van der Waals surface area contributed by atoms with Crippen LogP contribution in [0.1, 0.15) is 22.7 Å². The molecule has 0 aliphatic heterocycles. The lowest BCUT2D eigenvalue weighted by atomic mass is 9.98. The molecule has 2 aromatic carbocycles. The maximum Gasteiger partial charge on any atom is 0.124 e. The van der Waals surface area contributed by atoms with E-state index in [1.54, 1.807) is 0 Å². The van der Waals surface area contributed by atoms with E-state index in [1.807, 2.05) is 31.2 Å². The average Bonchev–Trinajstić information content (AvgIpc) is 2.35. The van der Waals surface area contributed by atoms with Gasteiger partial charge in [-0.1, -0.05) is 44.0 Å². The van der Waals surface area contributed by atoms with Crippen LogP contribution in [0.3, 0.4) is 0 Å². The number of nitrogens with two attached hydrogens (primary N) is 1. The van der Waals surface area contributed by atoms with Crippen molar-refractivity contribution in [1.82, 2.24) is 5.43 Å². The molecule has 2 nitrogen and oxygen atoms in total. The van der Waals surface area contributed by atoms with Gasteiger partial charge in [0.25, 0.3) is 0 Å². The molecule has 106 valence electrons. The van der Waals surface area contributed by atoms with Crippen molar-refractivity contribution >= 4 is 31.9 Å². The van der Waals surface area contributed by atoms with Crippen molar-refractivity contribution in [3.63, 3.8) is 0 Å². The SMILES string of the molecule is Cc1ccc(C(Cc2cc(F)cc(Br)c2)NN)c(Br)c1. The van der Waals surface area contributed by atoms with Crippen LogP contribution < -0.4 is 11.3 Å². The molecule has 0 aliphatic rings. The van der Waals surface area contributed by atoms with Gasteiger partial charge < -0.3 is 0 Å². The summed E-state index contributed by atoms with van der Waals surface area (Å²) in [5, 5.41) is 0. The maximum atomic E-state index is 13.4. The molecular formula is C15H15Br2FN2. The minimum atomic E-state index is -0.256. The number of hydrogen-bond donors (Lipinski definition) is 2. The number of nitrogens with one attached hydrogen (secondary N) is 1. The predicted molar refractivity (Wildman–Crippen MR) is 86.7 cm³/mol. The van der Waals surface area contributed by atoms with Gasteiger partial charge in [0.05, 0.1) is 6.04 Å².